The van der Waals surface area contributed by atoms with Gasteiger partial charge in [-0.3, -0.25) is 0 Å². The molecule has 0 N–H and O–H groups in total. The topological polar surface area (TPSA) is 78.1 Å². The van der Waals surface area contributed by atoms with Crippen molar-refractivity contribution >= 4 is 65.8 Å². The van der Waals surface area contributed by atoms with Crippen LogP contribution in [0.3, 0.4) is 0 Å². The lowest BCUT2D eigenvalue weighted by molar-refractivity contribution is 0.668. The number of nitrogens with zero attached hydrogens (tertiary/aromatic N) is 3. The molecule has 7 aromatic carbocycles. The van der Waals surface area contributed by atoms with Crippen LogP contribution in [0.1, 0.15) is 0 Å². The minimum Gasteiger partial charge on any atom is -0.456 e. The second-order valence-corrected chi connectivity index (χ2v) is 12.8. The summed E-state index contributed by atoms with van der Waals surface area (Å²) in [5.41, 5.74) is 9.43. The van der Waals surface area contributed by atoms with Crippen molar-refractivity contribution in [3.05, 3.63) is 152 Å². The van der Waals surface area contributed by atoms with Gasteiger partial charge in [0.05, 0.1) is 0 Å². The molecule has 0 spiro atoms. The zero-order valence-corrected chi connectivity index (χ0v) is 27.0. The van der Waals surface area contributed by atoms with Crippen molar-refractivity contribution < 1.29 is 13.3 Å². The van der Waals surface area contributed by atoms with E-state index in [1.54, 1.807) is 0 Å². The highest BCUT2D eigenvalue weighted by molar-refractivity contribution is 6.16. The van der Waals surface area contributed by atoms with Gasteiger partial charge < -0.3 is 13.3 Å². The lowest BCUT2D eigenvalue weighted by atomic mass is 9.97. The van der Waals surface area contributed by atoms with E-state index in [1.165, 1.54) is 0 Å². The molecule has 0 aliphatic carbocycles. The third-order valence-electron chi connectivity index (χ3n) is 9.76. The van der Waals surface area contributed by atoms with E-state index < -0.39 is 0 Å². The van der Waals surface area contributed by atoms with Crippen LogP contribution in [0, 0.1) is 0 Å². The molecule has 0 radical (unpaired) electrons. The zero-order chi connectivity index (χ0) is 33.5. The van der Waals surface area contributed by atoms with E-state index in [1.807, 2.05) is 91.0 Å². The number of para-hydroxylation sites is 3. The van der Waals surface area contributed by atoms with Crippen molar-refractivity contribution in [2.24, 2.45) is 0 Å². The molecule has 0 unspecified atom stereocenters. The highest BCUT2D eigenvalue weighted by Crippen LogP contribution is 2.43. The first kappa shape index (κ1) is 27.9. The van der Waals surface area contributed by atoms with Gasteiger partial charge in [-0.1, -0.05) is 97.1 Å². The first-order chi connectivity index (χ1) is 25.2. The van der Waals surface area contributed by atoms with Crippen LogP contribution in [0.15, 0.2) is 165 Å². The average Bonchev–Trinajstić information content (AvgIpc) is 3.88. The summed E-state index contributed by atoms with van der Waals surface area (Å²) in [6.07, 6.45) is 0. The van der Waals surface area contributed by atoms with Crippen LogP contribution in [-0.4, -0.2) is 15.0 Å². The molecule has 0 saturated heterocycles. The largest absolute Gasteiger partial charge is 0.456 e. The Labute approximate surface area is 290 Å². The molecule has 4 aromatic heterocycles. The van der Waals surface area contributed by atoms with Crippen LogP contribution < -0.4 is 0 Å². The Hall–Kier alpha value is -7.05. The van der Waals surface area contributed by atoms with Crippen molar-refractivity contribution in [3.63, 3.8) is 0 Å². The molecule has 0 bridgehead atoms. The number of hydrogen-bond acceptors (Lipinski definition) is 6. The molecule has 4 heterocycles. The summed E-state index contributed by atoms with van der Waals surface area (Å²) in [4.78, 5) is 15.2. The highest BCUT2D eigenvalue weighted by Gasteiger charge is 2.21. The van der Waals surface area contributed by atoms with Gasteiger partial charge in [-0.25, -0.2) is 15.0 Å². The minimum atomic E-state index is 0.555. The second-order valence-electron chi connectivity index (χ2n) is 12.8. The third kappa shape index (κ3) is 4.33. The van der Waals surface area contributed by atoms with E-state index in [2.05, 4.69) is 60.7 Å². The second kappa shape index (κ2) is 10.7. The molecule has 0 aliphatic heterocycles. The number of fused-ring (bicyclic) bond motifs is 9. The maximum Gasteiger partial charge on any atom is 0.164 e. The molecule has 51 heavy (non-hydrogen) atoms. The lowest BCUT2D eigenvalue weighted by Gasteiger charge is -2.11. The molecule has 11 aromatic rings. The summed E-state index contributed by atoms with van der Waals surface area (Å²) < 4.78 is 19.2. The van der Waals surface area contributed by atoms with Crippen molar-refractivity contribution in [3.8, 4) is 45.3 Å². The fraction of sp³-hybridized carbons (Fsp3) is 0. The summed E-state index contributed by atoms with van der Waals surface area (Å²) in [6.45, 7) is 0. The Bertz CT molecular complexity index is 3150. The smallest absolute Gasteiger partial charge is 0.164 e. The number of rotatable bonds is 4. The van der Waals surface area contributed by atoms with Gasteiger partial charge in [-0.15, -0.1) is 0 Å². The van der Waals surface area contributed by atoms with Crippen LogP contribution in [0.4, 0.5) is 0 Å². The van der Waals surface area contributed by atoms with Gasteiger partial charge in [0.15, 0.2) is 17.5 Å². The van der Waals surface area contributed by atoms with E-state index in [9.17, 15) is 0 Å². The van der Waals surface area contributed by atoms with Crippen LogP contribution in [0.5, 0.6) is 0 Å². The SMILES string of the molecule is c1ccc(-c2nc(-c3ccc4c(c3)oc3ccccc34)nc(-c3ccc(-c4ccc5c(c4)oc4ccccc45)c4oc5ccccc5c34)n2)cc1. The Kier molecular flexibility index (Phi) is 5.86. The molecular weight excluding hydrogens is 631 g/mol. The molecule has 6 heteroatoms. The monoisotopic (exact) mass is 655 g/mol. The van der Waals surface area contributed by atoms with Crippen LogP contribution >= 0.6 is 0 Å². The quantitative estimate of drug-likeness (QED) is 0.188. The maximum atomic E-state index is 6.66. The fourth-order valence-corrected chi connectivity index (χ4v) is 7.34. The Morgan fingerprint density at radius 2 is 0.804 bits per heavy atom. The molecule has 0 atom stereocenters. The Morgan fingerprint density at radius 1 is 0.314 bits per heavy atom. The molecule has 238 valence electrons. The number of benzene rings is 7. The Morgan fingerprint density at radius 3 is 1.49 bits per heavy atom. The molecule has 0 amide bonds. The van der Waals surface area contributed by atoms with Gasteiger partial charge in [0.25, 0.3) is 0 Å². The molecule has 0 fully saturated rings. The van der Waals surface area contributed by atoms with Gasteiger partial charge in [0, 0.05) is 54.6 Å². The van der Waals surface area contributed by atoms with Gasteiger partial charge >= 0.3 is 0 Å². The predicted octanol–water partition coefficient (Wildman–Crippen LogP) is 12.2. The summed E-state index contributed by atoms with van der Waals surface area (Å²) in [5, 5.41) is 6.24. The number of hydrogen-bond donors (Lipinski definition) is 0. The highest BCUT2D eigenvalue weighted by atomic mass is 16.3. The average molecular weight is 656 g/mol. The zero-order valence-electron chi connectivity index (χ0n) is 27.0. The summed E-state index contributed by atoms with van der Waals surface area (Å²) in [5.74, 6) is 1.70. The first-order valence-electron chi connectivity index (χ1n) is 16.8. The van der Waals surface area contributed by atoms with Crippen LogP contribution in [0.2, 0.25) is 0 Å². The molecule has 11 rings (SSSR count). The van der Waals surface area contributed by atoms with Crippen molar-refractivity contribution in [1.82, 2.24) is 15.0 Å². The van der Waals surface area contributed by atoms with E-state index in [-0.39, 0.29) is 0 Å². The molecular formula is C45H25N3O3. The standard InChI is InChI=1S/C45H25N3O3/c1-2-10-26(11-3-1)43-46-44(28-19-21-33-31-13-5-8-16-37(31)50-40(33)25-28)48-45(47-43)35-23-22-29(42-41(35)34-14-6-9-17-38(34)51-42)27-18-20-32-30-12-4-7-15-36(30)49-39(32)24-27/h1-25H. The van der Waals surface area contributed by atoms with Crippen LogP contribution in [-0.2, 0) is 0 Å². The van der Waals surface area contributed by atoms with Gasteiger partial charge in [0.1, 0.15) is 33.5 Å². The van der Waals surface area contributed by atoms with Gasteiger partial charge in [0.2, 0.25) is 0 Å². The summed E-state index contributed by atoms with van der Waals surface area (Å²) >= 11 is 0. The van der Waals surface area contributed by atoms with Crippen molar-refractivity contribution in [2.45, 2.75) is 0 Å². The van der Waals surface area contributed by atoms with Crippen molar-refractivity contribution in [2.75, 3.05) is 0 Å². The number of aromatic nitrogens is 3. The van der Waals surface area contributed by atoms with E-state index in [0.29, 0.717) is 17.5 Å². The summed E-state index contributed by atoms with van der Waals surface area (Å²) in [6, 6.07) is 51.0. The van der Waals surface area contributed by atoms with E-state index >= 15 is 0 Å². The fourth-order valence-electron chi connectivity index (χ4n) is 7.34. The normalized spacial score (nSPS) is 11.9. The van der Waals surface area contributed by atoms with Crippen LogP contribution in [0.25, 0.3) is 111 Å². The minimum absolute atomic E-state index is 0.555. The van der Waals surface area contributed by atoms with Gasteiger partial charge in [-0.2, -0.15) is 0 Å². The third-order valence-corrected chi connectivity index (χ3v) is 9.76. The summed E-state index contributed by atoms with van der Waals surface area (Å²) in [7, 11) is 0. The van der Waals surface area contributed by atoms with Gasteiger partial charge in [-0.05, 0) is 60.2 Å². The van der Waals surface area contributed by atoms with E-state index in [4.69, 9.17) is 28.2 Å². The lowest BCUT2D eigenvalue weighted by Crippen LogP contribution is -2.00. The maximum absolute atomic E-state index is 6.66. The first-order valence-corrected chi connectivity index (χ1v) is 16.8. The predicted molar refractivity (Wildman–Crippen MR) is 203 cm³/mol. The van der Waals surface area contributed by atoms with E-state index in [0.717, 1.165) is 93.6 Å². The molecule has 0 aliphatic rings. The molecule has 6 nitrogen and oxygen atoms in total. The van der Waals surface area contributed by atoms with Crippen molar-refractivity contribution in [1.29, 1.82) is 0 Å². The number of furan rings is 3. The Balaban J connectivity index is 1.14. The molecule has 0 saturated carbocycles.